The van der Waals surface area contributed by atoms with Gasteiger partial charge in [0.25, 0.3) is 0 Å². The zero-order chi connectivity index (χ0) is 42.6. The van der Waals surface area contributed by atoms with Gasteiger partial charge in [-0.2, -0.15) is 0 Å². The minimum atomic E-state index is -4.43. The molecule has 2 unspecified atom stereocenters. The maximum absolute atomic E-state index is 12.5. The molecule has 58 heavy (non-hydrogen) atoms. The second kappa shape index (κ2) is 41.3. The molecule has 0 fully saturated rings. The maximum atomic E-state index is 12.5. The Hall–Kier alpha value is -3.89. The van der Waals surface area contributed by atoms with Gasteiger partial charge in [0.15, 0.2) is 6.10 Å². The first-order valence-corrected chi connectivity index (χ1v) is 22.3. The molecule has 0 aliphatic rings. The third kappa shape index (κ3) is 40.3. The summed E-state index contributed by atoms with van der Waals surface area (Å²) < 4.78 is 32.6. The highest BCUT2D eigenvalue weighted by Crippen LogP contribution is 2.43. The number of rotatable bonds is 36. The van der Waals surface area contributed by atoms with E-state index >= 15 is 0 Å². The molecule has 3 atom stereocenters. The van der Waals surface area contributed by atoms with Crippen LogP contribution in [-0.2, 0) is 32.7 Å². The van der Waals surface area contributed by atoms with E-state index in [4.69, 9.17) is 24.3 Å². The van der Waals surface area contributed by atoms with Crippen LogP contribution < -0.4 is 5.73 Å². The number of carbonyl (C=O) groups is 2. The molecule has 0 heterocycles. The SMILES string of the molecule is CC/C=C\C/C=C\C/C=C\C/C=C\C/C=C\CCCC(=O)OC[C@H](COP(=O)(O)OCCN)OC(=O)CC/C=C\C/C=C\C/C=C\C=C\C(O)C/C=C\C/C=C\CC. The number of aliphatic hydroxyl groups excluding tert-OH is 1. The van der Waals surface area contributed by atoms with Crippen LogP contribution in [0.3, 0.4) is 0 Å². The van der Waals surface area contributed by atoms with Crippen molar-refractivity contribution in [3.05, 3.63) is 134 Å². The largest absolute Gasteiger partial charge is 0.472 e. The summed E-state index contributed by atoms with van der Waals surface area (Å²) in [5, 5.41) is 9.99. The number of phosphoric ester groups is 1. The van der Waals surface area contributed by atoms with E-state index in [1.165, 1.54) is 0 Å². The summed E-state index contributed by atoms with van der Waals surface area (Å²) in [6.07, 6.45) is 53.9. The lowest BCUT2D eigenvalue weighted by atomic mass is 10.2. The predicted octanol–water partition coefficient (Wildman–Crippen LogP) is 10.9. The Balaban J connectivity index is 4.50. The summed E-state index contributed by atoms with van der Waals surface area (Å²) in [5.74, 6) is -1.04. The van der Waals surface area contributed by atoms with E-state index < -0.39 is 38.6 Å². The highest BCUT2D eigenvalue weighted by Gasteiger charge is 2.25. The number of allylic oxidation sites excluding steroid dienone is 20. The van der Waals surface area contributed by atoms with Gasteiger partial charge in [0.2, 0.25) is 0 Å². The molecular weight excluding hydrogens is 753 g/mol. The van der Waals surface area contributed by atoms with E-state index in [1.54, 1.807) is 6.08 Å². The fourth-order valence-electron chi connectivity index (χ4n) is 4.60. The number of carbonyl (C=O) groups excluding carboxylic acids is 2. The molecule has 0 spiro atoms. The Morgan fingerprint density at radius 1 is 0.603 bits per heavy atom. The van der Waals surface area contributed by atoms with Gasteiger partial charge >= 0.3 is 19.8 Å². The number of esters is 2. The van der Waals surface area contributed by atoms with Gasteiger partial charge in [-0.1, -0.05) is 148 Å². The summed E-state index contributed by atoms with van der Waals surface area (Å²) in [6.45, 7) is 3.22. The van der Waals surface area contributed by atoms with Crippen LogP contribution in [0.25, 0.3) is 0 Å². The summed E-state index contributed by atoms with van der Waals surface area (Å²) in [5.41, 5.74) is 5.33. The molecule has 0 aliphatic carbocycles. The number of aliphatic hydroxyl groups is 1. The van der Waals surface area contributed by atoms with Crippen LogP contribution in [0.5, 0.6) is 0 Å². The van der Waals surface area contributed by atoms with Crippen LogP contribution in [0.15, 0.2) is 134 Å². The van der Waals surface area contributed by atoms with Crippen LogP contribution in [0.2, 0.25) is 0 Å². The molecule has 0 amide bonds. The van der Waals surface area contributed by atoms with Gasteiger partial charge in [0.1, 0.15) is 6.61 Å². The average molecular weight is 826 g/mol. The van der Waals surface area contributed by atoms with Crippen LogP contribution in [-0.4, -0.2) is 60.5 Å². The Morgan fingerprint density at radius 3 is 1.66 bits per heavy atom. The van der Waals surface area contributed by atoms with Crippen molar-refractivity contribution < 1.29 is 42.7 Å². The fourth-order valence-corrected chi connectivity index (χ4v) is 5.37. The standard InChI is InChI=1S/C47H72NO9P/c1-3-5-7-9-11-12-13-14-15-16-17-18-19-23-26-30-34-38-46(50)54-42-45(43-56-58(52,53)55-41-40-48)57-47(51)39-35-31-27-24-21-20-22-25-29-33-37-44(49)36-32-28-10-8-6-4-2/h5-8,11-12,14-15,17-18,20-21,23,25-29,31-33,37,44-45,49H,3-4,9-10,13,16,19,22,24,30,34-36,38-43,48H2,1-2H3,(H,52,53)/b7-5-,8-6-,12-11-,15-14-,18-17-,21-20-,26-23-,29-25-,31-27-,32-28-,37-33+/t44?,45-/m1/s1. The number of hydrogen-bond donors (Lipinski definition) is 3. The van der Waals surface area contributed by atoms with Gasteiger partial charge in [0, 0.05) is 19.4 Å². The van der Waals surface area contributed by atoms with Crippen molar-refractivity contribution in [1.82, 2.24) is 0 Å². The van der Waals surface area contributed by atoms with Crippen molar-refractivity contribution in [2.45, 2.75) is 122 Å². The zero-order valence-corrected chi connectivity index (χ0v) is 36.0. The van der Waals surface area contributed by atoms with Gasteiger partial charge in [-0.05, 0) is 83.5 Å². The molecule has 0 radical (unpaired) electrons. The Kier molecular flexibility index (Phi) is 38.5. The first-order chi connectivity index (χ1) is 28.2. The van der Waals surface area contributed by atoms with E-state index in [1.807, 2.05) is 54.7 Å². The second-order valence-electron chi connectivity index (χ2n) is 12.9. The lowest BCUT2D eigenvalue weighted by molar-refractivity contribution is -0.161. The second-order valence-corrected chi connectivity index (χ2v) is 14.4. The van der Waals surface area contributed by atoms with Gasteiger partial charge in [0.05, 0.1) is 19.3 Å². The Bertz CT molecular complexity index is 1420. The van der Waals surface area contributed by atoms with E-state index in [0.717, 1.165) is 51.4 Å². The third-order valence-electron chi connectivity index (χ3n) is 7.63. The monoisotopic (exact) mass is 825 g/mol. The first kappa shape index (κ1) is 54.1. The molecular formula is C47H72NO9P. The molecule has 0 bridgehead atoms. The Morgan fingerprint density at radius 2 is 1.10 bits per heavy atom. The van der Waals surface area contributed by atoms with E-state index in [9.17, 15) is 24.2 Å². The third-order valence-corrected chi connectivity index (χ3v) is 8.61. The molecule has 0 aromatic rings. The van der Waals surface area contributed by atoms with Crippen LogP contribution in [0.1, 0.15) is 110 Å². The van der Waals surface area contributed by atoms with E-state index in [-0.39, 0.29) is 32.6 Å². The van der Waals surface area contributed by atoms with Crippen molar-refractivity contribution in [2.24, 2.45) is 5.73 Å². The lowest BCUT2D eigenvalue weighted by Crippen LogP contribution is -2.29. The summed E-state index contributed by atoms with van der Waals surface area (Å²) >= 11 is 0. The smallest absolute Gasteiger partial charge is 0.462 e. The normalized spacial score (nSPS) is 15.2. The molecule has 0 saturated carbocycles. The van der Waals surface area contributed by atoms with Crippen LogP contribution in [0.4, 0.5) is 0 Å². The van der Waals surface area contributed by atoms with Crippen molar-refractivity contribution in [1.29, 1.82) is 0 Å². The average Bonchev–Trinajstić information content (AvgIpc) is 3.21. The van der Waals surface area contributed by atoms with Gasteiger partial charge < -0.3 is 25.2 Å². The number of nitrogens with two attached hydrogens (primary N) is 1. The molecule has 0 aliphatic heterocycles. The molecule has 0 aromatic carbocycles. The van der Waals surface area contributed by atoms with Gasteiger partial charge in [-0.3, -0.25) is 18.6 Å². The predicted molar refractivity (Wildman–Crippen MR) is 239 cm³/mol. The van der Waals surface area contributed by atoms with Crippen LogP contribution >= 0.6 is 7.82 Å². The number of unbranched alkanes of at least 4 members (excludes halogenated alkanes) is 1. The maximum Gasteiger partial charge on any atom is 0.472 e. The van der Waals surface area contributed by atoms with Gasteiger partial charge in [-0.15, -0.1) is 0 Å². The van der Waals surface area contributed by atoms with E-state index in [2.05, 4.69) is 86.8 Å². The molecule has 4 N–H and O–H groups in total. The molecule has 11 heteroatoms. The summed E-state index contributed by atoms with van der Waals surface area (Å²) in [7, 11) is -4.43. The molecule has 0 aromatic heterocycles. The van der Waals surface area contributed by atoms with Crippen molar-refractivity contribution in [2.75, 3.05) is 26.4 Å². The van der Waals surface area contributed by atoms with Crippen LogP contribution in [0, 0.1) is 0 Å². The van der Waals surface area contributed by atoms with Gasteiger partial charge in [-0.25, -0.2) is 4.57 Å². The Labute approximate surface area is 349 Å². The minimum Gasteiger partial charge on any atom is -0.462 e. The number of phosphoric acid groups is 1. The minimum absolute atomic E-state index is 0.0176. The van der Waals surface area contributed by atoms with Crippen molar-refractivity contribution in [3.63, 3.8) is 0 Å². The number of hydrogen-bond acceptors (Lipinski definition) is 9. The topological polar surface area (TPSA) is 155 Å². The lowest BCUT2D eigenvalue weighted by Gasteiger charge is -2.19. The molecule has 324 valence electrons. The highest BCUT2D eigenvalue weighted by atomic mass is 31.2. The zero-order valence-electron chi connectivity index (χ0n) is 35.1. The number of ether oxygens (including phenoxy) is 2. The van der Waals surface area contributed by atoms with Crippen molar-refractivity contribution in [3.8, 4) is 0 Å². The first-order valence-electron chi connectivity index (χ1n) is 20.8. The summed E-state index contributed by atoms with van der Waals surface area (Å²) in [6, 6.07) is 0. The molecule has 10 nitrogen and oxygen atoms in total. The molecule has 0 rings (SSSR count). The quantitative estimate of drug-likeness (QED) is 0.0183. The van der Waals surface area contributed by atoms with Crippen molar-refractivity contribution >= 4 is 19.8 Å². The fraction of sp³-hybridized carbons (Fsp3) is 0.489. The van der Waals surface area contributed by atoms with E-state index in [0.29, 0.717) is 32.1 Å². The molecule has 0 saturated heterocycles. The highest BCUT2D eigenvalue weighted by molar-refractivity contribution is 7.47. The summed E-state index contributed by atoms with van der Waals surface area (Å²) in [4.78, 5) is 34.8.